The van der Waals surface area contributed by atoms with Gasteiger partial charge in [-0.25, -0.2) is 4.98 Å². The van der Waals surface area contributed by atoms with Gasteiger partial charge in [0, 0.05) is 25.8 Å². The smallest absolute Gasteiger partial charge is 0.138 e. The maximum absolute atomic E-state index is 10.6. The highest BCUT2D eigenvalue weighted by molar-refractivity contribution is 4.98. The van der Waals surface area contributed by atoms with Crippen LogP contribution in [0.1, 0.15) is 39.4 Å². The third-order valence-electron chi connectivity index (χ3n) is 3.28. The number of hydrogen-bond acceptors (Lipinski definition) is 4. The van der Waals surface area contributed by atoms with E-state index < -0.39 is 5.60 Å². The van der Waals surface area contributed by atoms with E-state index in [9.17, 15) is 5.11 Å². The van der Waals surface area contributed by atoms with Gasteiger partial charge < -0.3 is 9.84 Å². The molecule has 0 amide bonds. The van der Waals surface area contributed by atoms with Crippen LogP contribution in [0.15, 0.2) is 6.33 Å². The summed E-state index contributed by atoms with van der Waals surface area (Å²) in [5.41, 5.74) is -0.711. The molecule has 0 radical (unpaired) electrons. The van der Waals surface area contributed by atoms with Crippen LogP contribution in [0.25, 0.3) is 0 Å². The first kappa shape index (κ1) is 12.5. The normalized spacial score (nSPS) is 33.9. The molecule has 5 nitrogen and oxygen atoms in total. The van der Waals surface area contributed by atoms with Crippen LogP contribution < -0.4 is 0 Å². The number of rotatable bonds is 3. The van der Waals surface area contributed by atoms with Gasteiger partial charge in [-0.15, -0.1) is 0 Å². The lowest BCUT2D eigenvalue weighted by Crippen LogP contribution is -2.45. The number of ether oxygens (including phenoxy) is 1. The molecular formula is C12H21N3O2. The molecule has 0 bridgehead atoms. The van der Waals surface area contributed by atoms with Crippen molar-refractivity contribution >= 4 is 0 Å². The van der Waals surface area contributed by atoms with E-state index in [1.165, 1.54) is 0 Å². The Balaban J connectivity index is 2.11. The molecule has 1 N–H and O–H groups in total. The Morgan fingerprint density at radius 1 is 1.47 bits per heavy atom. The highest BCUT2D eigenvalue weighted by atomic mass is 16.5. The molecule has 1 aromatic rings. The van der Waals surface area contributed by atoms with Gasteiger partial charge in [0.2, 0.25) is 0 Å². The quantitative estimate of drug-likeness (QED) is 0.860. The topological polar surface area (TPSA) is 60.2 Å². The highest BCUT2D eigenvalue weighted by Gasteiger charge is 2.37. The van der Waals surface area contributed by atoms with Crippen molar-refractivity contribution < 1.29 is 9.84 Å². The van der Waals surface area contributed by atoms with Gasteiger partial charge in [0.1, 0.15) is 12.2 Å². The number of aryl methyl sites for hydroxylation is 1. The van der Waals surface area contributed by atoms with Gasteiger partial charge >= 0.3 is 0 Å². The molecule has 1 saturated heterocycles. The van der Waals surface area contributed by atoms with Gasteiger partial charge in [0.05, 0.1) is 17.8 Å². The lowest BCUT2D eigenvalue weighted by molar-refractivity contribution is -0.131. The second kappa shape index (κ2) is 4.74. The van der Waals surface area contributed by atoms with Crippen LogP contribution >= 0.6 is 0 Å². The van der Waals surface area contributed by atoms with Gasteiger partial charge in [-0.3, -0.25) is 4.68 Å². The minimum Gasteiger partial charge on any atom is -0.389 e. The van der Waals surface area contributed by atoms with Crippen molar-refractivity contribution in [3.63, 3.8) is 0 Å². The van der Waals surface area contributed by atoms with Crippen molar-refractivity contribution in [2.45, 2.75) is 64.4 Å². The molecule has 1 aromatic heterocycles. The van der Waals surface area contributed by atoms with Crippen LogP contribution in [0.4, 0.5) is 0 Å². The monoisotopic (exact) mass is 239 g/mol. The third-order valence-corrected chi connectivity index (χ3v) is 3.28. The molecule has 0 saturated carbocycles. The zero-order chi connectivity index (χ0) is 12.5. The summed E-state index contributed by atoms with van der Waals surface area (Å²) in [6.45, 7) is 6.82. The summed E-state index contributed by atoms with van der Waals surface area (Å²) in [5, 5.41) is 14.8. The predicted molar refractivity (Wildman–Crippen MR) is 63.6 cm³/mol. The molecular weight excluding hydrogens is 218 g/mol. The zero-order valence-corrected chi connectivity index (χ0v) is 10.8. The van der Waals surface area contributed by atoms with Crippen molar-refractivity contribution in [2.75, 3.05) is 0 Å². The molecule has 2 rings (SSSR count). The summed E-state index contributed by atoms with van der Waals surface area (Å²) in [7, 11) is 0. The van der Waals surface area contributed by atoms with Gasteiger partial charge in [-0.05, 0) is 20.8 Å². The van der Waals surface area contributed by atoms with Gasteiger partial charge in [0.15, 0.2) is 0 Å². The number of nitrogens with zero attached hydrogens (tertiary/aromatic N) is 3. The standard InChI is InChI=1S/C12H21N3O2/c1-4-15-11(13-8-14-15)7-12(16)5-9(2)17-10(3)6-12/h8-10,16H,4-7H2,1-3H3. The maximum Gasteiger partial charge on any atom is 0.138 e. The summed E-state index contributed by atoms with van der Waals surface area (Å²) in [6.07, 6.45) is 3.62. The van der Waals surface area contributed by atoms with Gasteiger partial charge in [0.25, 0.3) is 0 Å². The average Bonchev–Trinajstić information content (AvgIpc) is 2.61. The van der Waals surface area contributed by atoms with E-state index in [-0.39, 0.29) is 12.2 Å². The zero-order valence-electron chi connectivity index (χ0n) is 10.8. The lowest BCUT2D eigenvalue weighted by Gasteiger charge is -2.38. The van der Waals surface area contributed by atoms with E-state index in [0.29, 0.717) is 19.3 Å². The molecule has 96 valence electrons. The molecule has 2 atom stereocenters. The van der Waals surface area contributed by atoms with E-state index in [4.69, 9.17) is 4.74 Å². The molecule has 2 unspecified atom stereocenters. The number of aliphatic hydroxyl groups is 1. The molecule has 1 aliphatic rings. The molecule has 2 heterocycles. The maximum atomic E-state index is 10.6. The Kier molecular flexibility index (Phi) is 3.49. The first-order valence-corrected chi connectivity index (χ1v) is 6.27. The largest absolute Gasteiger partial charge is 0.389 e. The fraction of sp³-hybridized carbons (Fsp3) is 0.833. The molecule has 0 aromatic carbocycles. The van der Waals surface area contributed by atoms with Crippen molar-refractivity contribution in [2.24, 2.45) is 0 Å². The van der Waals surface area contributed by atoms with Gasteiger partial charge in [-0.2, -0.15) is 5.10 Å². The third kappa shape index (κ3) is 2.84. The Bertz CT molecular complexity index is 368. The molecule has 0 spiro atoms. The number of hydrogen-bond donors (Lipinski definition) is 1. The summed E-state index contributed by atoms with van der Waals surface area (Å²) >= 11 is 0. The highest BCUT2D eigenvalue weighted by Crippen LogP contribution is 2.31. The van der Waals surface area contributed by atoms with Crippen LogP contribution in [0.3, 0.4) is 0 Å². The van der Waals surface area contributed by atoms with Crippen molar-refractivity contribution in [3.05, 3.63) is 12.2 Å². The van der Waals surface area contributed by atoms with E-state index in [1.54, 1.807) is 6.33 Å². The Labute approximate surface area is 102 Å². The summed E-state index contributed by atoms with van der Waals surface area (Å²) < 4.78 is 7.49. The minimum absolute atomic E-state index is 0.0988. The Hall–Kier alpha value is -0.940. The van der Waals surface area contributed by atoms with Crippen LogP contribution in [0.2, 0.25) is 0 Å². The van der Waals surface area contributed by atoms with Crippen LogP contribution in [-0.4, -0.2) is 37.7 Å². The van der Waals surface area contributed by atoms with Crippen molar-refractivity contribution in [1.82, 2.24) is 14.8 Å². The predicted octanol–water partition coefficient (Wildman–Crippen LogP) is 1.16. The molecule has 17 heavy (non-hydrogen) atoms. The fourth-order valence-corrected chi connectivity index (χ4v) is 2.77. The Morgan fingerprint density at radius 2 is 2.12 bits per heavy atom. The fourth-order valence-electron chi connectivity index (χ4n) is 2.77. The molecule has 5 heteroatoms. The average molecular weight is 239 g/mol. The molecule has 1 aliphatic heterocycles. The van der Waals surface area contributed by atoms with Crippen LogP contribution in [0.5, 0.6) is 0 Å². The first-order valence-electron chi connectivity index (χ1n) is 6.27. The second-order valence-electron chi connectivity index (χ2n) is 5.06. The van der Waals surface area contributed by atoms with Gasteiger partial charge in [-0.1, -0.05) is 0 Å². The van der Waals surface area contributed by atoms with Crippen molar-refractivity contribution in [1.29, 1.82) is 0 Å². The van der Waals surface area contributed by atoms with Crippen LogP contribution in [-0.2, 0) is 17.7 Å². The summed E-state index contributed by atoms with van der Waals surface area (Å²) in [5.74, 6) is 0.858. The molecule has 0 aliphatic carbocycles. The number of aromatic nitrogens is 3. The SMILES string of the molecule is CCn1ncnc1CC1(O)CC(C)OC(C)C1. The lowest BCUT2D eigenvalue weighted by atomic mass is 9.84. The van der Waals surface area contributed by atoms with Crippen LogP contribution in [0, 0.1) is 0 Å². The van der Waals surface area contributed by atoms with E-state index in [1.807, 2.05) is 25.5 Å². The van der Waals surface area contributed by atoms with E-state index >= 15 is 0 Å². The van der Waals surface area contributed by atoms with Crippen molar-refractivity contribution in [3.8, 4) is 0 Å². The second-order valence-corrected chi connectivity index (χ2v) is 5.06. The van der Waals surface area contributed by atoms with E-state index in [2.05, 4.69) is 10.1 Å². The first-order chi connectivity index (χ1) is 8.02. The summed E-state index contributed by atoms with van der Waals surface area (Å²) in [6, 6.07) is 0. The Morgan fingerprint density at radius 3 is 2.71 bits per heavy atom. The minimum atomic E-state index is -0.711. The summed E-state index contributed by atoms with van der Waals surface area (Å²) in [4.78, 5) is 4.23. The van der Waals surface area contributed by atoms with E-state index in [0.717, 1.165) is 12.4 Å². The molecule has 1 fully saturated rings.